The van der Waals surface area contributed by atoms with E-state index in [1.54, 1.807) is 0 Å². The fraction of sp³-hybridized carbons (Fsp3) is 0.316. The summed E-state index contributed by atoms with van der Waals surface area (Å²) in [4.78, 5) is 4.80. The van der Waals surface area contributed by atoms with E-state index in [0.29, 0.717) is 0 Å². The van der Waals surface area contributed by atoms with Gasteiger partial charge >= 0.3 is 0 Å². The topological polar surface area (TPSA) is 27.6 Å². The van der Waals surface area contributed by atoms with Crippen molar-refractivity contribution in [2.24, 2.45) is 4.99 Å². The molecule has 0 saturated carbocycles. The van der Waals surface area contributed by atoms with Gasteiger partial charge in [0.25, 0.3) is 0 Å². The quantitative estimate of drug-likeness (QED) is 0.783. The van der Waals surface area contributed by atoms with E-state index >= 15 is 0 Å². The third-order valence-corrected chi connectivity index (χ3v) is 3.40. The first kappa shape index (κ1) is 16.2. The lowest BCUT2D eigenvalue weighted by Gasteiger charge is -2.29. The summed E-state index contributed by atoms with van der Waals surface area (Å²) < 4.78 is 0. The maximum Gasteiger partial charge on any atom is 0.136 e. The molecule has 0 radical (unpaired) electrons. The molecule has 22 heavy (non-hydrogen) atoms. The molecule has 3 heteroatoms. The van der Waals surface area contributed by atoms with Gasteiger partial charge in [0.05, 0.1) is 6.04 Å². The number of nitrogens with one attached hydrogen (secondary N) is 1. The maximum absolute atomic E-state index is 4.80. The van der Waals surface area contributed by atoms with E-state index in [1.807, 2.05) is 31.4 Å². The monoisotopic (exact) mass is 295 g/mol. The standard InChI is InChI=1S/C19H25N3/c1-3-4-5-6-7-12-15-19-20-18(16-22(2)21-19)17-13-10-8-9-11-14-17/h4-8,10-15,18H,3,9,16H2,1-2H3,(H,20,21)/b5-4-,7-6-,15-12+. The maximum atomic E-state index is 4.80. The highest BCUT2D eigenvalue weighted by Crippen LogP contribution is 2.15. The normalized spacial score (nSPS) is 23.1. The molecule has 1 N–H and O–H groups in total. The Morgan fingerprint density at radius 2 is 2.14 bits per heavy atom. The summed E-state index contributed by atoms with van der Waals surface area (Å²) in [6.45, 7) is 3.00. The van der Waals surface area contributed by atoms with E-state index in [0.717, 1.165) is 25.2 Å². The largest absolute Gasteiger partial charge is 0.304 e. The molecule has 116 valence electrons. The number of amidine groups is 1. The molecule has 1 atom stereocenters. The Hall–Kier alpha value is -2.13. The Morgan fingerprint density at radius 3 is 3.00 bits per heavy atom. The number of hydrogen-bond acceptors (Lipinski definition) is 3. The molecule has 0 bridgehead atoms. The van der Waals surface area contributed by atoms with Gasteiger partial charge in [0, 0.05) is 13.6 Å². The number of hydrazine groups is 1. The van der Waals surface area contributed by atoms with Crippen molar-refractivity contribution in [3.63, 3.8) is 0 Å². The van der Waals surface area contributed by atoms with Crippen LogP contribution < -0.4 is 5.43 Å². The van der Waals surface area contributed by atoms with Gasteiger partial charge in [0.2, 0.25) is 0 Å². The molecule has 2 aliphatic rings. The molecular weight excluding hydrogens is 270 g/mol. The van der Waals surface area contributed by atoms with E-state index in [-0.39, 0.29) is 6.04 Å². The second-order valence-corrected chi connectivity index (χ2v) is 5.34. The predicted molar refractivity (Wildman–Crippen MR) is 95.7 cm³/mol. The van der Waals surface area contributed by atoms with Crippen molar-refractivity contribution in [3.8, 4) is 0 Å². The zero-order chi connectivity index (χ0) is 15.6. The summed E-state index contributed by atoms with van der Waals surface area (Å²) in [7, 11) is 2.05. The van der Waals surface area contributed by atoms with Gasteiger partial charge in [-0.3, -0.25) is 4.99 Å². The van der Waals surface area contributed by atoms with E-state index < -0.39 is 0 Å². The fourth-order valence-electron chi connectivity index (χ4n) is 2.31. The molecule has 1 aliphatic heterocycles. The smallest absolute Gasteiger partial charge is 0.136 e. The van der Waals surface area contributed by atoms with Gasteiger partial charge in [-0.05, 0) is 24.5 Å². The van der Waals surface area contributed by atoms with Crippen LogP contribution in [0, 0.1) is 0 Å². The number of rotatable bonds is 5. The zero-order valence-corrected chi connectivity index (χ0v) is 13.4. The van der Waals surface area contributed by atoms with Crippen LogP contribution >= 0.6 is 0 Å². The molecule has 0 fully saturated rings. The Bertz CT molecular complexity index is 559. The highest BCUT2D eigenvalue weighted by Gasteiger charge is 2.19. The Labute approximate surface area is 133 Å². The van der Waals surface area contributed by atoms with Gasteiger partial charge in [0.1, 0.15) is 5.84 Å². The molecule has 3 nitrogen and oxygen atoms in total. The lowest BCUT2D eigenvalue weighted by molar-refractivity contribution is 0.268. The summed E-state index contributed by atoms with van der Waals surface area (Å²) >= 11 is 0. The summed E-state index contributed by atoms with van der Waals surface area (Å²) in [5.74, 6) is 0.894. The van der Waals surface area contributed by atoms with Crippen LogP contribution in [0.15, 0.2) is 77.4 Å². The molecule has 0 spiro atoms. The molecule has 1 aliphatic carbocycles. The van der Waals surface area contributed by atoms with Crippen molar-refractivity contribution < 1.29 is 0 Å². The van der Waals surface area contributed by atoms with Gasteiger partial charge in [-0.15, -0.1) is 0 Å². The first-order chi connectivity index (χ1) is 10.8. The molecule has 1 unspecified atom stereocenters. The average molecular weight is 295 g/mol. The lowest BCUT2D eigenvalue weighted by Crippen LogP contribution is -2.47. The van der Waals surface area contributed by atoms with E-state index in [4.69, 9.17) is 4.99 Å². The van der Waals surface area contributed by atoms with Crippen LogP contribution in [-0.2, 0) is 0 Å². The van der Waals surface area contributed by atoms with Crippen LogP contribution in [0.25, 0.3) is 0 Å². The van der Waals surface area contributed by atoms with E-state index in [9.17, 15) is 0 Å². The van der Waals surface area contributed by atoms with E-state index in [2.05, 4.69) is 59.9 Å². The van der Waals surface area contributed by atoms with Crippen molar-refractivity contribution in [1.29, 1.82) is 0 Å². The van der Waals surface area contributed by atoms with Gasteiger partial charge in [-0.25, -0.2) is 5.01 Å². The van der Waals surface area contributed by atoms with Gasteiger partial charge in [0.15, 0.2) is 0 Å². The highest BCUT2D eigenvalue weighted by molar-refractivity contribution is 5.93. The first-order valence-electron chi connectivity index (χ1n) is 7.88. The Kier molecular flexibility index (Phi) is 6.65. The summed E-state index contributed by atoms with van der Waals surface area (Å²) in [6.07, 6.45) is 25.1. The number of allylic oxidation sites excluding steroid dienone is 9. The first-order valence-corrected chi connectivity index (χ1v) is 7.88. The third kappa shape index (κ3) is 5.34. The average Bonchev–Trinajstić information content (AvgIpc) is 2.79. The molecule has 0 amide bonds. The van der Waals surface area contributed by atoms with Crippen molar-refractivity contribution in [3.05, 3.63) is 72.4 Å². The van der Waals surface area contributed by atoms with Crippen LogP contribution in [0.4, 0.5) is 0 Å². The van der Waals surface area contributed by atoms with Crippen LogP contribution in [-0.4, -0.2) is 30.5 Å². The van der Waals surface area contributed by atoms with E-state index in [1.165, 1.54) is 5.57 Å². The SMILES string of the molecule is CC\C=C/C=C\C=C\C1=NC(C2=CC=CCC=C2)CN(C)N1. The van der Waals surface area contributed by atoms with Crippen LogP contribution in [0.1, 0.15) is 19.8 Å². The Morgan fingerprint density at radius 1 is 1.27 bits per heavy atom. The minimum atomic E-state index is 0.175. The highest BCUT2D eigenvalue weighted by atomic mass is 15.5. The summed E-state index contributed by atoms with van der Waals surface area (Å²) in [5, 5.41) is 2.08. The van der Waals surface area contributed by atoms with Crippen molar-refractivity contribution in [1.82, 2.24) is 10.4 Å². The molecule has 0 aromatic rings. The Balaban J connectivity index is 2.05. The van der Waals surface area contributed by atoms with Gasteiger partial charge < -0.3 is 5.43 Å². The second kappa shape index (κ2) is 9.00. The third-order valence-electron chi connectivity index (χ3n) is 3.40. The van der Waals surface area contributed by atoms with Crippen LogP contribution in [0.3, 0.4) is 0 Å². The van der Waals surface area contributed by atoms with Crippen molar-refractivity contribution in [2.45, 2.75) is 25.8 Å². The molecule has 2 rings (SSSR count). The number of hydrogen-bond donors (Lipinski definition) is 1. The predicted octanol–water partition coefficient (Wildman–Crippen LogP) is 3.72. The van der Waals surface area contributed by atoms with Crippen LogP contribution in [0.2, 0.25) is 0 Å². The second-order valence-electron chi connectivity index (χ2n) is 5.34. The van der Waals surface area contributed by atoms with Gasteiger partial charge in [-0.1, -0.05) is 67.7 Å². The number of likely N-dealkylation sites (N-methyl/N-ethyl adjacent to an activating group) is 1. The van der Waals surface area contributed by atoms with Crippen molar-refractivity contribution >= 4 is 5.84 Å². The van der Waals surface area contributed by atoms with Crippen molar-refractivity contribution in [2.75, 3.05) is 13.6 Å². The summed E-state index contributed by atoms with van der Waals surface area (Å²) in [6, 6.07) is 0.175. The molecule has 0 aromatic carbocycles. The lowest BCUT2D eigenvalue weighted by atomic mass is 10.1. The minimum absolute atomic E-state index is 0.175. The molecule has 0 aromatic heterocycles. The van der Waals surface area contributed by atoms with Crippen LogP contribution in [0.5, 0.6) is 0 Å². The number of aliphatic imine (C=N–C) groups is 1. The summed E-state index contributed by atoms with van der Waals surface area (Å²) in [5.41, 5.74) is 4.54. The molecule has 1 heterocycles. The number of nitrogens with zero attached hydrogens (tertiary/aromatic N) is 2. The molecular formula is C19H25N3. The minimum Gasteiger partial charge on any atom is -0.304 e. The molecule has 0 saturated heterocycles. The zero-order valence-electron chi connectivity index (χ0n) is 13.4. The van der Waals surface area contributed by atoms with Gasteiger partial charge in [-0.2, -0.15) is 0 Å². The fourth-order valence-corrected chi connectivity index (χ4v) is 2.31.